The van der Waals surface area contributed by atoms with Crippen LogP contribution in [0.25, 0.3) is 0 Å². The van der Waals surface area contributed by atoms with Crippen molar-refractivity contribution in [3.63, 3.8) is 0 Å². The minimum absolute atomic E-state index is 0.0558. The normalized spacial score (nSPS) is 17.2. The van der Waals surface area contributed by atoms with Crippen LogP contribution in [0.4, 0.5) is 27.6 Å². The minimum Gasteiger partial charge on any atom is -0.457 e. The molecule has 38 heavy (non-hydrogen) atoms. The molecule has 0 bridgehead atoms. The highest BCUT2D eigenvalue weighted by atomic mass is 19.4. The lowest BCUT2D eigenvalue weighted by molar-refractivity contribution is -0.201. The van der Waals surface area contributed by atoms with E-state index in [0.29, 0.717) is 23.8 Å². The number of halogens is 5. The molecule has 0 spiro atoms. The Bertz CT molecular complexity index is 1300. The van der Waals surface area contributed by atoms with Gasteiger partial charge in [-0.05, 0) is 104 Å². The molecule has 2 atom stereocenters. The summed E-state index contributed by atoms with van der Waals surface area (Å²) in [5.74, 6) is -3.73. The number of benzene rings is 3. The number of alkyl halides is 3. The average Bonchev–Trinajstić information content (AvgIpc) is 3.34. The summed E-state index contributed by atoms with van der Waals surface area (Å²) >= 11 is 0. The maximum Gasteiger partial charge on any atom is 0.493 e. The van der Waals surface area contributed by atoms with Crippen LogP contribution in [0.1, 0.15) is 17.5 Å². The second kappa shape index (κ2) is 11.2. The number of aryl methyl sites for hydroxylation is 1. The molecule has 0 aliphatic carbocycles. The number of nitrogens with one attached hydrogen (secondary N) is 1. The van der Waals surface area contributed by atoms with E-state index < -0.39 is 29.9 Å². The highest BCUT2D eigenvalue weighted by Crippen LogP contribution is 2.29. The third kappa shape index (κ3) is 6.65. The first-order valence-corrected chi connectivity index (χ1v) is 11.6. The van der Waals surface area contributed by atoms with Gasteiger partial charge >= 0.3 is 12.1 Å². The molecule has 1 heterocycles. The second-order valence-corrected chi connectivity index (χ2v) is 8.90. The summed E-state index contributed by atoms with van der Waals surface area (Å²) < 4.78 is 71.0. The van der Waals surface area contributed by atoms with Gasteiger partial charge in [-0.3, -0.25) is 4.79 Å². The Hall–Kier alpha value is -3.99. The largest absolute Gasteiger partial charge is 0.493 e. The second-order valence-electron chi connectivity index (χ2n) is 8.90. The Balaban J connectivity index is 1.49. The lowest BCUT2D eigenvalue weighted by Gasteiger charge is -2.24. The van der Waals surface area contributed by atoms with Crippen molar-refractivity contribution in [1.82, 2.24) is 5.32 Å². The molecule has 1 aliphatic rings. The number of hydrogen-bond acceptors (Lipinski definition) is 5. The number of rotatable bonds is 6. The molecular formula is C27H23F5N2O4. The van der Waals surface area contributed by atoms with Crippen LogP contribution in [-0.2, 0) is 20.8 Å². The Morgan fingerprint density at radius 3 is 2.16 bits per heavy atom. The van der Waals surface area contributed by atoms with Gasteiger partial charge < -0.3 is 14.9 Å². The Labute approximate surface area is 214 Å². The average molecular weight is 534 g/mol. The van der Waals surface area contributed by atoms with E-state index >= 15 is 0 Å². The maximum atomic E-state index is 13.4. The van der Waals surface area contributed by atoms with Crippen LogP contribution in [0.15, 0.2) is 66.7 Å². The quantitative estimate of drug-likeness (QED) is 0.328. The van der Waals surface area contributed by atoms with Gasteiger partial charge in [0, 0.05) is 0 Å². The molecule has 1 amide bonds. The summed E-state index contributed by atoms with van der Waals surface area (Å²) in [6.07, 6.45) is -4.53. The van der Waals surface area contributed by atoms with Crippen LogP contribution >= 0.6 is 0 Å². The number of hydrogen-bond donors (Lipinski definition) is 1. The molecule has 1 saturated heterocycles. The fourth-order valence-electron chi connectivity index (χ4n) is 4.14. The van der Waals surface area contributed by atoms with E-state index in [-0.39, 0.29) is 29.6 Å². The first kappa shape index (κ1) is 27.1. The summed E-state index contributed by atoms with van der Waals surface area (Å²) in [7, 11) is 0. The van der Waals surface area contributed by atoms with Crippen LogP contribution in [0.2, 0.25) is 0 Å². The molecular weight excluding hydrogens is 511 g/mol. The summed E-state index contributed by atoms with van der Waals surface area (Å²) in [5, 5.41) is 3.30. The third-order valence-corrected chi connectivity index (χ3v) is 6.06. The van der Waals surface area contributed by atoms with Gasteiger partial charge in [0.1, 0.15) is 23.1 Å². The molecule has 0 aromatic heterocycles. The fourth-order valence-corrected chi connectivity index (χ4v) is 4.14. The number of carbonyl (C=O) groups is 2. The minimum atomic E-state index is -5.32. The van der Waals surface area contributed by atoms with Gasteiger partial charge in [0.25, 0.3) is 5.91 Å². The van der Waals surface area contributed by atoms with Crippen molar-refractivity contribution in [3.8, 4) is 11.5 Å². The van der Waals surface area contributed by atoms with Crippen molar-refractivity contribution in [2.75, 3.05) is 11.6 Å². The molecule has 6 nitrogen and oxygen atoms in total. The molecule has 1 N–H and O–H groups in total. The van der Waals surface area contributed by atoms with E-state index in [1.807, 2.05) is 0 Å². The molecule has 3 aromatic carbocycles. The Morgan fingerprint density at radius 1 is 0.947 bits per heavy atom. The summed E-state index contributed by atoms with van der Waals surface area (Å²) in [4.78, 5) is 29.3. The van der Waals surface area contributed by atoms with Crippen LogP contribution in [0, 0.1) is 24.5 Å². The number of carbonyl (C=O) groups excluding carboxylic acids is 2. The van der Waals surface area contributed by atoms with Gasteiger partial charge in [-0.2, -0.15) is 13.2 Å². The third-order valence-electron chi connectivity index (χ3n) is 6.06. The smallest absolute Gasteiger partial charge is 0.457 e. The monoisotopic (exact) mass is 534 g/mol. The van der Waals surface area contributed by atoms with Gasteiger partial charge in [0.2, 0.25) is 0 Å². The van der Waals surface area contributed by atoms with Gasteiger partial charge in [-0.15, -0.1) is 5.06 Å². The highest BCUT2D eigenvalue weighted by Gasteiger charge is 2.45. The Morgan fingerprint density at radius 2 is 1.55 bits per heavy atom. The molecule has 1 fully saturated rings. The highest BCUT2D eigenvalue weighted by molar-refractivity contribution is 5.97. The zero-order chi connectivity index (χ0) is 27.4. The first-order chi connectivity index (χ1) is 18.0. The SMILES string of the molecule is Cc1cc(F)ccc1C[C@H]1CN[C@H](C(=O)N(OC(=O)C(F)(F)F)c2ccc(Oc3ccc(F)cc3)cc2)C1. The van der Waals surface area contributed by atoms with Gasteiger partial charge in [0.05, 0.1) is 11.7 Å². The van der Waals surface area contributed by atoms with E-state index in [4.69, 9.17) is 4.74 Å². The van der Waals surface area contributed by atoms with Gasteiger partial charge in [-0.25, -0.2) is 13.6 Å². The number of hydroxylamine groups is 1. The maximum absolute atomic E-state index is 13.4. The van der Waals surface area contributed by atoms with Crippen LogP contribution in [0.5, 0.6) is 11.5 Å². The molecule has 11 heteroatoms. The van der Waals surface area contributed by atoms with Crippen molar-refractivity contribution >= 4 is 17.6 Å². The summed E-state index contributed by atoms with van der Waals surface area (Å²) in [6, 6.07) is 13.9. The van der Waals surface area contributed by atoms with Gasteiger partial charge in [-0.1, -0.05) is 6.07 Å². The van der Waals surface area contributed by atoms with Gasteiger partial charge in [0.15, 0.2) is 0 Å². The molecule has 200 valence electrons. The predicted octanol–water partition coefficient (Wildman–Crippen LogP) is 5.64. The van der Waals surface area contributed by atoms with Crippen LogP contribution in [0.3, 0.4) is 0 Å². The molecule has 0 saturated carbocycles. The topological polar surface area (TPSA) is 67.9 Å². The predicted molar refractivity (Wildman–Crippen MR) is 127 cm³/mol. The van der Waals surface area contributed by atoms with Crippen molar-refractivity contribution in [3.05, 3.63) is 89.5 Å². The van der Waals surface area contributed by atoms with Crippen molar-refractivity contribution in [1.29, 1.82) is 0 Å². The molecule has 4 rings (SSSR count). The van der Waals surface area contributed by atoms with E-state index in [9.17, 15) is 31.5 Å². The van der Waals surface area contributed by atoms with Crippen molar-refractivity contribution < 1.29 is 41.1 Å². The lowest BCUT2D eigenvalue weighted by Crippen LogP contribution is -2.46. The van der Waals surface area contributed by atoms with Crippen molar-refractivity contribution in [2.24, 2.45) is 5.92 Å². The number of ether oxygens (including phenoxy) is 1. The summed E-state index contributed by atoms with van der Waals surface area (Å²) in [5.41, 5.74) is 1.52. The van der Waals surface area contributed by atoms with Crippen molar-refractivity contribution in [2.45, 2.75) is 32.0 Å². The lowest BCUT2D eigenvalue weighted by atomic mass is 9.94. The zero-order valence-corrected chi connectivity index (χ0v) is 20.1. The van der Waals surface area contributed by atoms with E-state index in [2.05, 4.69) is 10.2 Å². The number of amides is 1. The van der Waals surface area contributed by atoms with Crippen LogP contribution in [-0.4, -0.2) is 30.6 Å². The Kier molecular flexibility index (Phi) is 7.96. The van der Waals surface area contributed by atoms with E-state index in [1.54, 1.807) is 13.0 Å². The molecule has 0 unspecified atom stereocenters. The first-order valence-electron chi connectivity index (χ1n) is 11.6. The zero-order valence-electron chi connectivity index (χ0n) is 20.1. The summed E-state index contributed by atoms with van der Waals surface area (Å²) in [6.45, 7) is 2.16. The van der Waals surface area contributed by atoms with Crippen LogP contribution < -0.4 is 15.1 Å². The van der Waals surface area contributed by atoms with E-state index in [1.165, 1.54) is 60.7 Å². The van der Waals surface area contributed by atoms with E-state index in [0.717, 1.165) is 11.1 Å². The molecule has 1 aliphatic heterocycles. The molecule has 3 aromatic rings. The fraction of sp³-hybridized carbons (Fsp3) is 0.259. The number of nitrogens with zero attached hydrogens (tertiary/aromatic N) is 1. The molecule has 0 radical (unpaired) electrons. The number of anilines is 1. The standard InChI is InChI=1S/C27H23F5N2O4/c1-16-12-20(29)3-2-18(16)13-17-14-24(33-15-17)25(35)34(38-26(36)27(30,31)32)21-6-10-23(11-7-21)37-22-8-4-19(28)5-9-22/h2-12,17,24,33H,13-15H2,1H3/t17-,24+/m1/s1.